The van der Waals surface area contributed by atoms with Crippen LogP contribution in [-0.2, 0) is 19.7 Å². The van der Waals surface area contributed by atoms with Crippen molar-refractivity contribution in [2.24, 2.45) is 0 Å². The van der Waals surface area contributed by atoms with Crippen LogP contribution in [0.15, 0.2) is 30.3 Å². The number of aryl methyl sites for hydroxylation is 1. The fraction of sp³-hybridized carbons (Fsp3) is 0.455. The Labute approximate surface area is 94.0 Å². The van der Waals surface area contributed by atoms with E-state index >= 15 is 0 Å². The lowest BCUT2D eigenvalue weighted by Gasteiger charge is -2.02. The summed E-state index contributed by atoms with van der Waals surface area (Å²) in [7, 11) is 3.31. The number of hydrogen-bond acceptors (Lipinski definition) is 3. The second-order valence-electron chi connectivity index (χ2n) is 2.70. The van der Waals surface area contributed by atoms with Gasteiger partial charge in [-0.2, -0.15) is 0 Å². The molecule has 85 valence electrons. The van der Waals surface area contributed by atoms with E-state index in [0.29, 0.717) is 0 Å². The molecule has 4 heteroatoms. The Morgan fingerprint density at radius 1 is 0.933 bits per heavy atom. The number of rotatable bonds is 4. The summed E-state index contributed by atoms with van der Waals surface area (Å²) in [5, 5.41) is 0. The van der Waals surface area contributed by atoms with Crippen molar-refractivity contribution < 1.29 is 13.3 Å². The predicted octanol–water partition coefficient (Wildman–Crippen LogP) is 2.16. The van der Waals surface area contributed by atoms with Gasteiger partial charge in [-0.05, 0) is 12.0 Å². The summed E-state index contributed by atoms with van der Waals surface area (Å²) < 4.78 is 14.1. The molecule has 0 amide bonds. The maximum atomic E-state index is 4.71. The molecule has 0 N–H and O–H groups in total. The van der Waals surface area contributed by atoms with Crippen LogP contribution in [0.3, 0.4) is 0 Å². The van der Waals surface area contributed by atoms with Gasteiger partial charge in [0.2, 0.25) is 0 Å². The third kappa shape index (κ3) is 7.27. The van der Waals surface area contributed by atoms with Crippen molar-refractivity contribution in [3.63, 3.8) is 0 Å². The van der Waals surface area contributed by atoms with Gasteiger partial charge in [0.1, 0.15) is 0 Å². The summed E-state index contributed by atoms with van der Waals surface area (Å²) in [6, 6.07) is 10.5. The fourth-order valence-corrected chi connectivity index (χ4v) is 1.46. The molecule has 1 aromatic carbocycles. The van der Waals surface area contributed by atoms with Gasteiger partial charge in [0.15, 0.2) is 0 Å². The molecule has 0 saturated carbocycles. The molecule has 0 aromatic heterocycles. The lowest BCUT2D eigenvalue weighted by atomic mass is 10.2. The van der Waals surface area contributed by atoms with Gasteiger partial charge >= 0.3 is 9.53 Å². The summed E-state index contributed by atoms with van der Waals surface area (Å²) in [5.41, 5.74) is 1.41. The van der Waals surface area contributed by atoms with Gasteiger partial charge in [-0.3, -0.25) is 0 Å². The van der Waals surface area contributed by atoms with Crippen LogP contribution in [0.25, 0.3) is 0 Å². The Kier molecular flexibility index (Phi) is 9.41. The summed E-state index contributed by atoms with van der Waals surface area (Å²) in [4.78, 5) is 0. The van der Waals surface area contributed by atoms with Crippen LogP contribution in [0.1, 0.15) is 12.5 Å². The van der Waals surface area contributed by atoms with Crippen LogP contribution < -0.4 is 0 Å². The molecule has 0 unspecified atom stereocenters. The van der Waals surface area contributed by atoms with E-state index in [-0.39, 0.29) is 0 Å². The molecule has 1 rings (SSSR count). The highest BCUT2D eigenvalue weighted by Gasteiger charge is 2.09. The molecule has 0 atom stereocenters. The Bertz CT molecular complexity index is 219. The SMILES string of the molecule is CCc1ccccc1.CO[Si](OC)OC. The molecule has 0 heterocycles. The van der Waals surface area contributed by atoms with Crippen molar-refractivity contribution in [2.75, 3.05) is 21.3 Å². The van der Waals surface area contributed by atoms with Crippen molar-refractivity contribution in [1.82, 2.24) is 0 Å². The zero-order valence-electron chi connectivity index (χ0n) is 9.82. The van der Waals surface area contributed by atoms with E-state index in [1.165, 1.54) is 5.56 Å². The highest BCUT2D eigenvalue weighted by molar-refractivity contribution is 6.36. The lowest BCUT2D eigenvalue weighted by Crippen LogP contribution is -2.21. The van der Waals surface area contributed by atoms with Crippen LogP contribution >= 0.6 is 0 Å². The Morgan fingerprint density at radius 3 is 1.60 bits per heavy atom. The minimum Gasteiger partial charge on any atom is -0.375 e. The molecule has 3 nitrogen and oxygen atoms in total. The van der Waals surface area contributed by atoms with Crippen LogP contribution in [0.4, 0.5) is 0 Å². The average Bonchev–Trinajstić information content (AvgIpc) is 2.33. The molecule has 0 bridgehead atoms. The molecular weight excluding hydrogens is 208 g/mol. The minimum atomic E-state index is -1.36. The first kappa shape index (κ1) is 14.3. The molecule has 0 spiro atoms. The van der Waals surface area contributed by atoms with Crippen molar-refractivity contribution in [3.05, 3.63) is 35.9 Å². The Morgan fingerprint density at radius 2 is 1.40 bits per heavy atom. The molecule has 0 fully saturated rings. The molecule has 0 aliphatic heterocycles. The Balaban J connectivity index is 0.000000265. The van der Waals surface area contributed by atoms with Gasteiger partial charge < -0.3 is 13.3 Å². The van der Waals surface area contributed by atoms with E-state index in [2.05, 4.69) is 31.2 Å². The molecule has 0 saturated heterocycles. The van der Waals surface area contributed by atoms with E-state index in [1.54, 1.807) is 21.3 Å². The van der Waals surface area contributed by atoms with Gasteiger partial charge in [-0.1, -0.05) is 37.3 Å². The zero-order chi connectivity index (χ0) is 11.5. The number of benzene rings is 1. The van der Waals surface area contributed by atoms with E-state index in [4.69, 9.17) is 13.3 Å². The van der Waals surface area contributed by atoms with Crippen LogP contribution in [-0.4, -0.2) is 30.9 Å². The summed E-state index contributed by atoms with van der Waals surface area (Å²) in [6.45, 7) is 2.16. The molecule has 1 radical (unpaired) electrons. The standard InChI is InChI=1S/C8H10.C3H9O3Si/c1-2-8-6-4-3-5-7-8;1-4-7(5-2)6-3/h3-7H,2H2,1H3;1-3H3. The van der Waals surface area contributed by atoms with Crippen molar-refractivity contribution in [1.29, 1.82) is 0 Å². The highest BCUT2D eigenvalue weighted by Crippen LogP contribution is 1.96. The van der Waals surface area contributed by atoms with Gasteiger partial charge in [-0.25, -0.2) is 0 Å². The van der Waals surface area contributed by atoms with Crippen molar-refractivity contribution in [2.45, 2.75) is 13.3 Å². The van der Waals surface area contributed by atoms with E-state index in [0.717, 1.165) is 6.42 Å². The smallest absolute Gasteiger partial charge is 0.375 e. The highest BCUT2D eigenvalue weighted by atomic mass is 28.3. The molecule has 1 aromatic rings. The number of hydrogen-bond donors (Lipinski definition) is 0. The van der Waals surface area contributed by atoms with Crippen molar-refractivity contribution in [3.8, 4) is 0 Å². The Hall–Kier alpha value is -0.683. The fourth-order valence-electron chi connectivity index (χ4n) is 0.964. The van der Waals surface area contributed by atoms with Gasteiger partial charge in [0.05, 0.1) is 0 Å². The maximum absolute atomic E-state index is 4.71. The third-order valence-electron chi connectivity index (χ3n) is 1.75. The predicted molar refractivity (Wildman–Crippen MR) is 62.6 cm³/mol. The normalized spacial score (nSPS) is 9.67. The second kappa shape index (κ2) is 9.86. The summed E-state index contributed by atoms with van der Waals surface area (Å²) >= 11 is 0. The quantitative estimate of drug-likeness (QED) is 0.738. The lowest BCUT2D eigenvalue weighted by molar-refractivity contribution is 0.163. The minimum absolute atomic E-state index is 1.14. The van der Waals surface area contributed by atoms with E-state index in [1.807, 2.05) is 6.07 Å². The van der Waals surface area contributed by atoms with Gasteiger partial charge in [0.25, 0.3) is 0 Å². The van der Waals surface area contributed by atoms with Gasteiger partial charge in [0, 0.05) is 21.3 Å². The summed E-state index contributed by atoms with van der Waals surface area (Å²) in [5.74, 6) is 0. The second-order valence-corrected chi connectivity index (χ2v) is 4.43. The first-order chi connectivity index (χ1) is 7.28. The maximum Gasteiger partial charge on any atom is 0.576 e. The average molecular weight is 227 g/mol. The molecular formula is C11H19O3Si. The first-order valence-corrected chi connectivity index (χ1v) is 6.03. The van der Waals surface area contributed by atoms with E-state index in [9.17, 15) is 0 Å². The molecule has 15 heavy (non-hydrogen) atoms. The largest absolute Gasteiger partial charge is 0.576 e. The zero-order valence-corrected chi connectivity index (χ0v) is 10.8. The van der Waals surface area contributed by atoms with Gasteiger partial charge in [-0.15, -0.1) is 0 Å². The van der Waals surface area contributed by atoms with Crippen LogP contribution in [0.2, 0.25) is 0 Å². The molecule has 0 aliphatic carbocycles. The van der Waals surface area contributed by atoms with Crippen molar-refractivity contribution >= 4 is 9.53 Å². The first-order valence-electron chi connectivity index (χ1n) is 4.81. The van der Waals surface area contributed by atoms with E-state index < -0.39 is 9.53 Å². The topological polar surface area (TPSA) is 27.7 Å². The summed E-state index contributed by atoms with van der Waals surface area (Å²) in [6.07, 6.45) is 1.14. The molecule has 0 aliphatic rings. The third-order valence-corrected chi connectivity index (χ3v) is 2.75. The monoisotopic (exact) mass is 227 g/mol. The van der Waals surface area contributed by atoms with Crippen LogP contribution in [0, 0.1) is 0 Å². The van der Waals surface area contributed by atoms with Crippen LogP contribution in [0.5, 0.6) is 0 Å².